The standard InChI is InChI=1S/C28H22ClNO3/c1-18-9-11-19(12-10-18)17-30-25-14-13-21(29)15-24(25)28(33,27(30)32)16-26(31)23-8-4-6-20-5-2-3-7-22(20)23/h2-15,33H,16-17H2,1H3/t28-/m1/s1. The number of anilines is 1. The number of nitrogens with zero attached hydrogens (tertiary/aromatic N) is 1. The third kappa shape index (κ3) is 3.71. The summed E-state index contributed by atoms with van der Waals surface area (Å²) in [5.41, 5.74) is 1.48. The molecule has 0 unspecified atom stereocenters. The van der Waals surface area contributed by atoms with Crippen molar-refractivity contribution in [2.24, 2.45) is 0 Å². The first-order valence-electron chi connectivity index (χ1n) is 10.8. The highest BCUT2D eigenvalue weighted by Crippen LogP contribution is 2.45. The van der Waals surface area contributed by atoms with E-state index < -0.39 is 11.5 Å². The number of carbonyl (C=O) groups excluding carboxylic acids is 2. The van der Waals surface area contributed by atoms with Gasteiger partial charge in [0.05, 0.1) is 18.7 Å². The Kier molecular flexibility index (Phi) is 5.28. The van der Waals surface area contributed by atoms with Gasteiger partial charge in [-0.1, -0.05) is 83.9 Å². The summed E-state index contributed by atoms with van der Waals surface area (Å²) >= 11 is 6.23. The quantitative estimate of drug-likeness (QED) is 0.386. The molecule has 0 saturated heterocycles. The van der Waals surface area contributed by atoms with E-state index in [9.17, 15) is 14.7 Å². The summed E-state index contributed by atoms with van der Waals surface area (Å²) in [4.78, 5) is 28.5. The minimum Gasteiger partial charge on any atom is -0.375 e. The third-order valence-corrected chi connectivity index (χ3v) is 6.50. The number of aryl methyl sites for hydroxylation is 1. The fraction of sp³-hybridized carbons (Fsp3) is 0.143. The van der Waals surface area contributed by atoms with Crippen molar-refractivity contribution in [2.45, 2.75) is 25.5 Å². The number of aliphatic hydroxyl groups is 1. The van der Waals surface area contributed by atoms with Gasteiger partial charge in [0.2, 0.25) is 0 Å². The Hall–Kier alpha value is -3.47. The molecule has 0 aromatic heterocycles. The number of rotatable bonds is 5. The molecule has 5 heteroatoms. The molecule has 164 valence electrons. The first kappa shape index (κ1) is 21.4. The van der Waals surface area contributed by atoms with Gasteiger partial charge < -0.3 is 10.0 Å². The minimum atomic E-state index is -1.99. The van der Waals surface area contributed by atoms with Crippen molar-refractivity contribution >= 4 is 39.8 Å². The molecule has 0 bridgehead atoms. The Morgan fingerprint density at radius 1 is 0.970 bits per heavy atom. The number of benzene rings is 4. The molecule has 1 atom stereocenters. The molecule has 4 nitrogen and oxygen atoms in total. The fourth-order valence-corrected chi connectivity index (χ4v) is 4.69. The van der Waals surface area contributed by atoms with E-state index in [-0.39, 0.29) is 12.2 Å². The van der Waals surface area contributed by atoms with E-state index in [2.05, 4.69) is 0 Å². The SMILES string of the molecule is Cc1ccc(CN2C(=O)[C@@](O)(CC(=O)c3cccc4ccccc34)c3cc(Cl)ccc32)cc1. The Balaban J connectivity index is 1.53. The highest BCUT2D eigenvalue weighted by molar-refractivity contribution is 6.31. The number of carbonyl (C=O) groups is 2. The molecular formula is C28H22ClNO3. The number of hydrogen-bond donors (Lipinski definition) is 1. The second-order valence-electron chi connectivity index (χ2n) is 8.53. The largest absolute Gasteiger partial charge is 0.375 e. The Bertz CT molecular complexity index is 1390. The molecule has 1 N–H and O–H groups in total. The first-order valence-corrected chi connectivity index (χ1v) is 11.2. The summed E-state index contributed by atoms with van der Waals surface area (Å²) in [6, 6.07) is 25.9. The highest BCUT2D eigenvalue weighted by Gasteiger charge is 2.51. The Morgan fingerprint density at radius 3 is 2.48 bits per heavy atom. The number of Topliss-reactive ketones (excluding diaryl/α,β-unsaturated/α-hetero) is 1. The molecule has 4 aromatic rings. The van der Waals surface area contributed by atoms with E-state index in [1.165, 1.54) is 4.90 Å². The molecule has 1 aliphatic rings. The number of ketones is 1. The Labute approximate surface area is 197 Å². The van der Waals surface area contributed by atoms with Crippen molar-refractivity contribution < 1.29 is 14.7 Å². The third-order valence-electron chi connectivity index (χ3n) is 6.26. The van der Waals surface area contributed by atoms with E-state index in [1.807, 2.05) is 67.6 Å². The summed E-state index contributed by atoms with van der Waals surface area (Å²) in [5.74, 6) is -0.820. The molecule has 1 amide bonds. The molecule has 0 fully saturated rings. The van der Waals surface area contributed by atoms with Gasteiger partial charge >= 0.3 is 0 Å². The molecule has 1 aliphatic heterocycles. The maximum Gasteiger partial charge on any atom is 0.264 e. The van der Waals surface area contributed by atoms with Crippen molar-refractivity contribution in [1.29, 1.82) is 0 Å². The van der Waals surface area contributed by atoms with Crippen LogP contribution in [0.3, 0.4) is 0 Å². The number of amides is 1. The van der Waals surface area contributed by atoms with Crippen LogP contribution >= 0.6 is 11.6 Å². The van der Waals surface area contributed by atoms with Gasteiger partial charge in [0.15, 0.2) is 11.4 Å². The van der Waals surface area contributed by atoms with Gasteiger partial charge in [-0.25, -0.2) is 0 Å². The van der Waals surface area contributed by atoms with Gasteiger partial charge in [-0.05, 0) is 41.5 Å². The van der Waals surface area contributed by atoms with Gasteiger partial charge in [-0.15, -0.1) is 0 Å². The van der Waals surface area contributed by atoms with Gasteiger partial charge in [-0.3, -0.25) is 9.59 Å². The van der Waals surface area contributed by atoms with E-state index >= 15 is 0 Å². The average molecular weight is 456 g/mol. The maximum absolute atomic E-state index is 13.6. The van der Waals surface area contributed by atoms with E-state index in [1.54, 1.807) is 24.3 Å². The van der Waals surface area contributed by atoms with Crippen LogP contribution in [0.25, 0.3) is 10.8 Å². The minimum absolute atomic E-state index is 0.290. The predicted octanol–water partition coefficient (Wildman–Crippen LogP) is 5.81. The lowest BCUT2D eigenvalue weighted by atomic mass is 9.87. The van der Waals surface area contributed by atoms with E-state index in [4.69, 9.17) is 11.6 Å². The van der Waals surface area contributed by atoms with Crippen LogP contribution < -0.4 is 4.90 Å². The summed E-state index contributed by atoms with van der Waals surface area (Å²) in [7, 11) is 0. The summed E-state index contributed by atoms with van der Waals surface area (Å²) in [6.45, 7) is 2.29. The lowest BCUT2D eigenvalue weighted by molar-refractivity contribution is -0.136. The normalized spacial score (nSPS) is 17.4. The van der Waals surface area contributed by atoms with Crippen molar-refractivity contribution in [2.75, 3.05) is 4.90 Å². The molecule has 0 saturated carbocycles. The van der Waals surface area contributed by atoms with Crippen LogP contribution in [-0.4, -0.2) is 16.8 Å². The van der Waals surface area contributed by atoms with Crippen molar-refractivity contribution in [3.8, 4) is 0 Å². The lowest BCUT2D eigenvalue weighted by Gasteiger charge is -2.23. The van der Waals surface area contributed by atoms with Gasteiger partial charge in [0, 0.05) is 16.1 Å². The van der Waals surface area contributed by atoms with Crippen molar-refractivity contribution in [3.63, 3.8) is 0 Å². The van der Waals surface area contributed by atoms with Crippen LogP contribution in [0.4, 0.5) is 5.69 Å². The van der Waals surface area contributed by atoms with Crippen LogP contribution in [0.2, 0.25) is 5.02 Å². The highest BCUT2D eigenvalue weighted by atomic mass is 35.5. The van der Waals surface area contributed by atoms with Gasteiger partial charge in [-0.2, -0.15) is 0 Å². The molecule has 0 spiro atoms. The van der Waals surface area contributed by atoms with E-state index in [0.29, 0.717) is 28.4 Å². The monoisotopic (exact) mass is 455 g/mol. The molecular weight excluding hydrogens is 434 g/mol. The van der Waals surface area contributed by atoms with Crippen LogP contribution in [0.1, 0.15) is 33.5 Å². The average Bonchev–Trinajstić information content (AvgIpc) is 3.01. The summed E-state index contributed by atoms with van der Waals surface area (Å²) in [6.07, 6.45) is -0.364. The van der Waals surface area contributed by atoms with Crippen LogP contribution in [0.5, 0.6) is 0 Å². The number of fused-ring (bicyclic) bond motifs is 2. The second kappa shape index (κ2) is 8.14. The second-order valence-corrected chi connectivity index (χ2v) is 8.96. The summed E-state index contributed by atoms with van der Waals surface area (Å²) in [5, 5.41) is 13.8. The molecule has 1 heterocycles. The number of hydrogen-bond acceptors (Lipinski definition) is 3. The van der Waals surface area contributed by atoms with Crippen LogP contribution in [0.15, 0.2) is 84.9 Å². The Morgan fingerprint density at radius 2 is 1.70 bits per heavy atom. The number of halogens is 1. The topological polar surface area (TPSA) is 57.6 Å². The van der Waals surface area contributed by atoms with Gasteiger partial charge in [0.1, 0.15) is 0 Å². The molecule has 0 radical (unpaired) electrons. The van der Waals surface area contributed by atoms with Crippen molar-refractivity contribution in [3.05, 3.63) is 112 Å². The van der Waals surface area contributed by atoms with Gasteiger partial charge in [0.25, 0.3) is 5.91 Å². The zero-order valence-electron chi connectivity index (χ0n) is 18.1. The molecule has 5 rings (SSSR count). The zero-order valence-corrected chi connectivity index (χ0v) is 18.8. The first-order chi connectivity index (χ1) is 15.9. The van der Waals surface area contributed by atoms with E-state index in [0.717, 1.165) is 21.9 Å². The van der Waals surface area contributed by atoms with Crippen molar-refractivity contribution in [1.82, 2.24) is 0 Å². The maximum atomic E-state index is 13.6. The smallest absolute Gasteiger partial charge is 0.264 e. The van der Waals surface area contributed by atoms with Crippen LogP contribution in [0, 0.1) is 6.92 Å². The zero-order chi connectivity index (χ0) is 23.2. The molecule has 4 aromatic carbocycles. The molecule has 33 heavy (non-hydrogen) atoms. The fourth-order valence-electron chi connectivity index (χ4n) is 4.52. The predicted molar refractivity (Wildman–Crippen MR) is 131 cm³/mol. The van der Waals surface area contributed by atoms with Crippen LogP contribution in [-0.2, 0) is 16.9 Å². The lowest BCUT2D eigenvalue weighted by Crippen LogP contribution is -2.41. The molecule has 0 aliphatic carbocycles. The summed E-state index contributed by atoms with van der Waals surface area (Å²) < 4.78 is 0.